The van der Waals surface area contributed by atoms with Gasteiger partial charge >= 0.3 is 0 Å². The molecule has 0 saturated heterocycles. The Labute approximate surface area is 223 Å². The van der Waals surface area contributed by atoms with E-state index in [1.165, 1.54) is 5.56 Å². The standard InChI is InChI=1S/C32H29N2OPS/c1-3-23-37-32-29(31(35)33-30(34-32)25-21-19-24(2)20-22-25)36(26-13-7-4-8-14-26,27-15-9-5-10-16-27)28-17-11-6-12-18-28/h4-22H,3,23H2,1-2H3/p+1. The molecule has 0 spiro atoms. The number of rotatable bonds is 8. The maximum atomic E-state index is 14.3. The van der Waals surface area contributed by atoms with Crippen molar-refractivity contribution < 1.29 is 0 Å². The van der Waals surface area contributed by atoms with E-state index in [9.17, 15) is 4.79 Å². The highest BCUT2D eigenvalue weighted by Crippen LogP contribution is 2.54. The summed E-state index contributed by atoms with van der Waals surface area (Å²) >= 11 is 1.68. The minimum Gasteiger partial charge on any atom is -0.303 e. The quantitative estimate of drug-likeness (QED) is 0.158. The largest absolute Gasteiger partial charge is 0.303 e. The Balaban J connectivity index is 1.89. The number of thioether (sulfide) groups is 1. The maximum absolute atomic E-state index is 14.3. The topological polar surface area (TPSA) is 45.8 Å². The molecule has 0 aliphatic rings. The van der Waals surface area contributed by atoms with Crippen LogP contribution in [0.3, 0.4) is 0 Å². The van der Waals surface area contributed by atoms with E-state index in [2.05, 4.69) is 104 Å². The van der Waals surface area contributed by atoms with Crippen LogP contribution in [-0.4, -0.2) is 15.7 Å². The second-order valence-electron chi connectivity index (χ2n) is 8.96. The third-order valence-corrected chi connectivity index (χ3v) is 12.0. The normalized spacial score (nSPS) is 11.4. The number of aromatic amines is 1. The Hall–Kier alpha value is -3.46. The number of aromatic nitrogens is 2. The zero-order valence-electron chi connectivity index (χ0n) is 21.1. The average molecular weight is 522 g/mol. The van der Waals surface area contributed by atoms with Crippen molar-refractivity contribution in [2.24, 2.45) is 0 Å². The first-order valence-corrected chi connectivity index (χ1v) is 15.3. The van der Waals surface area contributed by atoms with Gasteiger partial charge in [0.15, 0.2) is 7.26 Å². The molecule has 0 atom stereocenters. The summed E-state index contributed by atoms with van der Waals surface area (Å²) in [4.78, 5) is 22.7. The van der Waals surface area contributed by atoms with Crippen LogP contribution in [0.25, 0.3) is 11.4 Å². The van der Waals surface area contributed by atoms with Gasteiger partial charge in [0.1, 0.15) is 26.8 Å². The van der Waals surface area contributed by atoms with E-state index in [1.54, 1.807) is 11.8 Å². The number of hydrogen-bond acceptors (Lipinski definition) is 3. The van der Waals surface area contributed by atoms with Gasteiger partial charge in [-0.25, -0.2) is 4.98 Å². The minimum absolute atomic E-state index is 0.0749. The molecule has 0 bridgehead atoms. The third-order valence-electron chi connectivity index (χ3n) is 6.40. The van der Waals surface area contributed by atoms with Gasteiger partial charge in [0, 0.05) is 5.56 Å². The molecule has 5 rings (SSSR count). The third kappa shape index (κ3) is 4.92. The van der Waals surface area contributed by atoms with Crippen molar-refractivity contribution in [3.05, 3.63) is 131 Å². The molecule has 1 aromatic heterocycles. The van der Waals surface area contributed by atoms with Gasteiger partial charge in [-0.3, -0.25) is 4.79 Å². The molecule has 5 heteroatoms. The van der Waals surface area contributed by atoms with Crippen molar-refractivity contribution in [1.82, 2.24) is 9.97 Å². The number of H-pyrrole nitrogens is 1. The van der Waals surface area contributed by atoms with Crippen LogP contribution in [0.2, 0.25) is 0 Å². The van der Waals surface area contributed by atoms with Gasteiger partial charge in [0.2, 0.25) is 5.30 Å². The molecule has 184 valence electrons. The summed E-state index contributed by atoms with van der Waals surface area (Å²) in [7, 11) is -2.57. The summed E-state index contributed by atoms with van der Waals surface area (Å²) in [6.45, 7) is 4.22. The van der Waals surface area contributed by atoms with Crippen LogP contribution >= 0.6 is 19.0 Å². The van der Waals surface area contributed by atoms with E-state index >= 15 is 0 Å². The van der Waals surface area contributed by atoms with Gasteiger partial charge in [0.05, 0.1) is 0 Å². The number of benzene rings is 4. The molecule has 1 heterocycles. The second-order valence-corrected chi connectivity index (χ2v) is 13.4. The predicted octanol–water partition coefficient (Wildman–Crippen LogP) is 5.87. The maximum Gasteiger partial charge on any atom is 0.296 e. The number of nitrogens with one attached hydrogen (secondary N) is 1. The number of hydrogen-bond donors (Lipinski definition) is 1. The van der Waals surface area contributed by atoms with Gasteiger partial charge in [0.25, 0.3) is 5.56 Å². The summed E-state index contributed by atoms with van der Waals surface area (Å²) < 4.78 is 0. The first-order chi connectivity index (χ1) is 18.1. The van der Waals surface area contributed by atoms with Crippen molar-refractivity contribution in [3.63, 3.8) is 0 Å². The van der Waals surface area contributed by atoms with Gasteiger partial charge in [-0.2, -0.15) is 0 Å². The minimum atomic E-state index is -2.57. The van der Waals surface area contributed by atoms with Crippen LogP contribution in [-0.2, 0) is 0 Å². The van der Waals surface area contributed by atoms with Crippen molar-refractivity contribution >= 4 is 40.2 Å². The molecular weight excluding hydrogens is 491 g/mol. The van der Waals surface area contributed by atoms with Crippen LogP contribution in [0, 0.1) is 6.92 Å². The van der Waals surface area contributed by atoms with Crippen LogP contribution in [0.5, 0.6) is 0 Å². The van der Waals surface area contributed by atoms with E-state index < -0.39 is 7.26 Å². The zero-order valence-corrected chi connectivity index (χ0v) is 22.8. The Morgan fingerprint density at radius 2 is 1.22 bits per heavy atom. The van der Waals surface area contributed by atoms with Gasteiger partial charge in [-0.15, -0.1) is 11.8 Å². The van der Waals surface area contributed by atoms with Gasteiger partial charge in [-0.1, -0.05) is 91.3 Å². The molecule has 5 aromatic rings. The summed E-state index contributed by atoms with van der Waals surface area (Å²) in [5, 5.41) is 5.00. The number of nitrogens with zero attached hydrogens (tertiary/aromatic N) is 1. The van der Waals surface area contributed by atoms with Crippen molar-refractivity contribution in [3.8, 4) is 11.4 Å². The highest BCUT2D eigenvalue weighted by molar-refractivity contribution is 8.04. The summed E-state index contributed by atoms with van der Waals surface area (Å²) in [5.74, 6) is 1.49. The fourth-order valence-electron chi connectivity index (χ4n) is 4.68. The smallest absolute Gasteiger partial charge is 0.296 e. The van der Waals surface area contributed by atoms with Crippen molar-refractivity contribution in [1.29, 1.82) is 0 Å². The van der Waals surface area contributed by atoms with E-state index in [4.69, 9.17) is 4.98 Å². The van der Waals surface area contributed by atoms with Crippen LogP contribution in [0.4, 0.5) is 0 Å². The Morgan fingerprint density at radius 3 is 1.68 bits per heavy atom. The van der Waals surface area contributed by atoms with E-state index in [1.807, 2.05) is 30.3 Å². The van der Waals surface area contributed by atoms with Crippen molar-refractivity contribution in [2.75, 3.05) is 5.75 Å². The molecule has 0 saturated carbocycles. The predicted molar refractivity (Wildman–Crippen MR) is 161 cm³/mol. The molecule has 0 fully saturated rings. The molecule has 37 heavy (non-hydrogen) atoms. The summed E-state index contributed by atoms with van der Waals surface area (Å²) in [6.07, 6.45) is 0.992. The molecule has 0 unspecified atom stereocenters. The van der Waals surface area contributed by atoms with Crippen LogP contribution in [0.15, 0.2) is 125 Å². The Bertz CT molecular complexity index is 1420. The fraction of sp³-hybridized carbons (Fsp3) is 0.125. The molecule has 0 aliphatic heterocycles. The molecule has 4 aromatic carbocycles. The van der Waals surface area contributed by atoms with Gasteiger partial charge in [-0.05, 0) is 55.5 Å². The molecule has 1 N–H and O–H groups in total. The molecule has 0 radical (unpaired) electrons. The summed E-state index contributed by atoms with van der Waals surface area (Å²) in [6, 6.07) is 39.6. The van der Waals surface area contributed by atoms with Gasteiger partial charge < -0.3 is 4.98 Å². The first-order valence-electron chi connectivity index (χ1n) is 12.5. The Morgan fingerprint density at radius 1 is 0.730 bits per heavy atom. The fourth-order valence-corrected chi connectivity index (χ4v) is 10.3. The van der Waals surface area contributed by atoms with E-state index in [0.717, 1.165) is 44.0 Å². The molecular formula is C32H30N2OPS+. The van der Waals surface area contributed by atoms with Crippen LogP contribution < -0.4 is 26.8 Å². The SMILES string of the molecule is CCCSc1nc(-c2ccc(C)cc2)[nH]c(=O)c1[P+](c1ccccc1)(c1ccccc1)c1ccccc1. The zero-order chi connectivity index (χ0) is 25.7. The van der Waals surface area contributed by atoms with E-state index in [0.29, 0.717) is 5.82 Å². The second kappa shape index (κ2) is 11.3. The lowest BCUT2D eigenvalue weighted by Gasteiger charge is -2.28. The summed E-state index contributed by atoms with van der Waals surface area (Å²) in [5.41, 5.74) is 2.01. The lowest BCUT2D eigenvalue weighted by atomic mass is 10.1. The highest BCUT2D eigenvalue weighted by Gasteiger charge is 2.52. The molecule has 3 nitrogen and oxygen atoms in total. The first kappa shape index (κ1) is 25.2. The molecule has 0 aliphatic carbocycles. The lowest BCUT2D eigenvalue weighted by Crippen LogP contribution is -2.46. The van der Waals surface area contributed by atoms with Crippen LogP contribution in [0.1, 0.15) is 18.9 Å². The average Bonchev–Trinajstić information content (AvgIpc) is 2.95. The number of aryl methyl sites for hydroxylation is 1. The monoisotopic (exact) mass is 521 g/mol. The highest BCUT2D eigenvalue weighted by atomic mass is 32.2. The van der Waals surface area contributed by atoms with E-state index in [-0.39, 0.29) is 5.56 Å². The molecule has 0 amide bonds. The Kier molecular flexibility index (Phi) is 7.69. The van der Waals surface area contributed by atoms with Crippen molar-refractivity contribution in [2.45, 2.75) is 25.3 Å². The lowest BCUT2D eigenvalue weighted by molar-refractivity contribution is 1.04.